The second-order valence-electron chi connectivity index (χ2n) is 3.70. The van der Waals surface area contributed by atoms with E-state index in [-0.39, 0.29) is 5.02 Å². The summed E-state index contributed by atoms with van der Waals surface area (Å²) in [7, 11) is 0. The van der Waals surface area contributed by atoms with Crippen LogP contribution in [0.15, 0.2) is 34.8 Å². The van der Waals surface area contributed by atoms with Gasteiger partial charge in [-0.25, -0.2) is 4.39 Å². The summed E-state index contributed by atoms with van der Waals surface area (Å²) >= 11 is 18.4. The SMILES string of the molecule is Fc1cc(Oc2ccc(CBr)cc2Cl)c(Br)cc1Cl. The summed E-state index contributed by atoms with van der Waals surface area (Å²) in [6.45, 7) is 0. The van der Waals surface area contributed by atoms with Crippen molar-refractivity contribution in [2.75, 3.05) is 0 Å². The minimum absolute atomic E-state index is 0.0277. The van der Waals surface area contributed by atoms with Crippen LogP contribution in [0.1, 0.15) is 5.56 Å². The minimum atomic E-state index is -0.548. The van der Waals surface area contributed by atoms with Gasteiger partial charge in [-0.1, -0.05) is 45.2 Å². The molecule has 0 aliphatic heterocycles. The third-order valence-corrected chi connectivity index (χ3v) is 4.20. The molecule has 19 heavy (non-hydrogen) atoms. The van der Waals surface area contributed by atoms with E-state index in [2.05, 4.69) is 31.9 Å². The Morgan fingerprint density at radius 2 is 1.79 bits per heavy atom. The third kappa shape index (κ3) is 3.63. The second kappa shape index (κ2) is 6.44. The van der Waals surface area contributed by atoms with Gasteiger partial charge in [0.05, 0.1) is 14.5 Å². The number of hydrogen-bond acceptors (Lipinski definition) is 1. The zero-order chi connectivity index (χ0) is 14.0. The van der Waals surface area contributed by atoms with Gasteiger partial charge in [-0.3, -0.25) is 0 Å². The van der Waals surface area contributed by atoms with Gasteiger partial charge in [0.25, 0.3) is 0 Å². The van der Waals surface area contributed by atoms with E-state index in [0.29, 0.717) is 26.3 Å². The van der Waals surface area contributed by atoms with E-state index in [9.17, 15) is 4.39 Å². The first-order valence-corrected chi connectivity index (χ1v) is 7.85. The highest BCUT2D eigenvalue weighted by molar-refractivity contribution is 9.10. The lowest BCUT2D eigenvalue weighted by atomic mass is 10.2. The number of halogens is 5. The fourth-order valence-electron chi connectivity index (χ4n) is 1.41. The molecule has 0 heterocycles. The van der Waals surface area contributed by atoms with E-state index in [0.717, 1.165) is 5.56 Å². The zero-order valence-corrected chi connectivity index (χ0v) is 14.1. The van der Waals surface area contributed by atoms with Gasteiger partial charge in [0.1, 0.15) is 17.3 Å². The lowest BCUT2D eigenvalue weighted by Gasteiger charge is -2.10. The largest absolute Gasteiger partial charge is 0.455 e. The molecule has 0 saturated carbocycles. The number of hydrogen-bond donors (Lipinski definition) is 0. The molecule has 0 amide bonds. The van der Waals surface area contributed by atoms with Gasteiger partial charge in [-0.2, -0.15) is 0 Å². The smallest absolute Gasteiger partial charge is 0.146 e. The van der Waals surface area contributed by atoms with Crippen molar-refractivity contribution in [2.45, 2.75) is 5.33 Å². The molecule has 0 bridgehead atoms. The predicted molar refractivity (Wildman–Crippen MR) is 83.3 cm³/mol. The normalized spacial score (nSPS) is 10.6. The monoisotopic (exact) mass is 426 g/mol. The van der Waals surface area contributed by atoms with Gasteiger partial charge in [0.2, 0.25) is 0 Å². The van der Waals surface area contributed by atoms with Gasteiger partial charge in [0.15, 0.2) is 0 Å². The van der Waals surface area contributed by atoms with Gasteiger partial charge in [-0.15, -0.1) is 0 Å². The summed E-state index contributed by atoms with van der Waals surface area (Å²) < 4.78 is 19.5. The highest BCUT2D eigenvalue weighted by Crippen LogP contribution is 2.36. The number of benzene rings is 2. The van der Waals surface area contributed by atoms with E-state index in [1.54, 1.807) is 12.1 Å². The van der Waals surface area contributed by atoms with Crippen molar-refractivity contribution in [3.8, 4) is 11.5 Å². The Kier molecular flexibility index (Phi) is 5.12. The Balaban J connectivity index is 2.33. The summed E-state index contributed by atoms with van der Waals surface area (Å²) in [6.07, 6.45) is 0. The molecular formula is C13H7Br2Cl2FO. The van der Waals surface area contributed by atoms with Crippen LogP contribution in [0.5, 0.6) is 11.5 Å². The Morgan fingerprint density at radius 3 is 2.42 bits per heavy atom. The molecule has 0 radical (unpaired) electrons. The third-order valence-electron chi connectivity index (χ3n) is 2.35. The maximum absolute atomic E-state index is 13.4. The Bertz CT molecular complexity index is 620. The highest BCUT2D eigenvalue weighted by atomic mass is 79.9. The average molecular weight is 429 g/mol. The van der Waals surface area contributed by atoms with Crippen molar-refractivity contribution in [2.24, 2.45) is 0 Å². The molecule has 0 aromatic heterocycles. The van der Waals surface area contributed by atoms with Gasteiger partial charge in [-0.05, 0) is 39.7 Å². The standard InChI is InChI=1S/C13H7Br2Cl2FO/c14-6-7-1-2-12(10(17)3-7)19-13-5-11(18)9(16)4-8(13)15/h1-5H,6H2. The van der Waals surface area contributed by atoms with Crippen molar-refractivity contribution in [1.29, 1.82) is 0 Å². The molecule has 6 heteroatoms. The van der Waals surface area contributed by atoms with Gasteiger partial charge >= 0.3 is 0 Å². The lowest BCUT2D eigenvalue weighted by Crippen LogP contribution is -1.90. The first-order valence-electron chi connectivity index (χ1n) is 5.18. The van der Waals surface area contributed by atoms with Gasteiger partial charge < -0.3 is 4.74 Å². The Labute approximate surface area is 136 Å². The van der Waals surface area contributed by atoms with Crippen molar-refractivity contribution >= 4 is 55.1 Å². The molecule has 0 aliphatic carbocycles. The van der Waals surface area contributed by atoms with Crippen LogP contribution in [0.3, 0.4) is 0 Å². The van der Waals surface area contributed by atoms with Crippen LogP contribution in [-0.2, 0) is 5.33 Å². The topological polar surface area (TPSA) is 9.23 Å². The number of rotatable bonds is 3. The minimum Gasteiger partial charge on any atom is -0.455 e. The van der Waals surface area contributed by atoms with E-state index in [1.165, 1.54) is 12.1 Å². The van der Waals surface area contributed by atoms with Crippen LogP contribution < -0.4 is 4.74 Å². The van der Waals surface area contributed by atoms with Crippen LogP contribution in [-0.4, -0.2) is 0 Å². The van der Waals surface area contributed by atoms with Crippen LogP contribution in [0.2, 0.25) is 10.0 Å². The van der Waals surface area contributed by atoms with E-state index in [1.807, 2.05) is 6.07 Å². The molecule has 1 nitrogen and oxygen atoms in total. The van der Waals surface area contributed by atoms with Crippen LogP contribution in [0.4, 0.5) is 4.39 Å². The van der Waals surface area contributed by atoms with Crippen LogP contribution in [0, 0.1) is 5.82 Å². The lowest BCUT2D eigenvalue weighted by molar-refractivity contribution is 0.474. The maximum Gasteiger partial charge on any atom is 0.146 e. The molecule has 2 aromatic carbocycles. The molecule has 2 aromatic rings. The quantitative estimate of drug-likeness (QED) is 0.396. The molecule has 0 saturated heterocycles. The predicted octanol–water partition coefficient (Wildman–Crippen LogP) is 6.58. The van der Waals surface area contributed by atoms with Crippen molar-refractivity contribution < 1.29 is 9.13 Å². The molecule has 0 fully saturated rings. The molecule has 0 unspecified atom stereocenters. The fraction of sp³-hybridized carbons (Fsp3) is 0.0769. The first kappa shape index (κ1) is 15.1. The van der Waals surface area contributed by atoms with Gasteiger partial charge in [0, 0.05) is 11.4 Å². The number of alkyl halides is 1. The molecule has 100 valence electrons. The molecular weight excluding hydrogens is 422 g/mol. The molecule has 0 N–H and O–H groups in total. The molecule has 0 atom stereocenters. The summed E-state index contributed by atoms with van der Waals surface area (Å²) in [4.78, 5) is 0. The average Bonchev–Trinajstić information content (AvgIpc) is 2.38. The Hall–Kier alpha value is -0.290. The summed E-state index contributed by atoms with van der Waals surface area (Å²) in [5.41, 5.74) is 1.03. The van der Waals surface area contributed by atoms with E-state index < -0.39 is 5.82 Å². The van der Waals surface area contributed by atoms with Crippen LogP contribution >= 0.6 is 55.1 Å². The summed E-state index contributed by atoms with van der Waals surface area (Å²) in [5, 5.41) is 1.19. The van der Waals surface area contributed by atoms with E-state index in [4.69, 9.17) is 27.9 Å². The molecule has 2 rings (SSSR count). The fourth-order valence-corrected chi connectivity index (χ4v) is 2.72. The summed E-state index contributed by atoms with van der Waals surface area (Å²) in [5.74, 6) is 0.220. The second-order valence-corrected chi connectivity index (χ2v) is 5.93. The summed E-state index contributed by atoms with van der Waals surface area (Å²) in [6, 6.07) is 8.04. The maximum atomic E-state index is 13.4. The number of ether oxygens (including phenoxy) is 1. The van der Waals surface area contributed by atoms with Crippen molar-refractivity contribution in [3.05, 3.63) is 56.2 Å². The molecule has 0 aliphatic rings. The first-order chi connectivity index (χ1) is 9.01. The molecule has 0 spiro atoms. The van der Waals surface area contributed by atoms with E-state index >= 15 is 0 Å². The van der Waals surface area contributed by atoms with Crippen LogP contribution in [0.25, 0.3) is 0 Å². The Morgan fingerprint density at radius 1 is 1.05 bits per heavy atom. The van der Waals surface area contributed by atoms with Crippen molar-refractivity contribution in [3.63, 3.8) is 0 Å². The highest BCUT2D eigenvalue weighted by Gasteiger charge is 2.11. The zero-order valence-electron chi connectivity index (χ0n) is 9.39. The van der Waals surface area contributed by atoms with Crippen molar-refractivity contribution in [1.82, 2.24) is 0 Å².